The van der Waals surface area contributed by atoms with Crippen LogP contribution in [0.1, 0.15) is 25.7 Å². The number of aryl methyl sites for hydroxylation is 1. The van der Waals surface area contributed by atoms with Gasteiger partial charge in [-0.05, 0) is 12.8 Å². The first-order valence-corrected chi connectivity index (χ1v) is 8.60. The predicted octanol–water partition coefficient (Wildman–Crippen LogP) is 1.94. The van der Waals surface area contributed by atoms with Gasteiger partial charge in [0.1, 0.15) is 5.82 Å². The Hall–Kier alpha value is -1.95. The molecule has 122 valence electrons. The molecule has 0 amide bonds. The molecule has 3 heterocycles. The van der Waals surface area contributed by atoms with Gasteiger partial charge in [-0.3, -0.25) is 14.6 Å². The van der Waals surface area contributed by atoms with Crippen molar-refractivity contribution in [1.29, 1.82) is 0 Å². The van der Waals surface area contributed by atoms with Crippen molar-refractivity contribution in [2.24, 2.45) is 7.05 Å². The molecular formula is C17H24N6. The molecule has 2 fully saturated rings. The SMILES string of the molecule is Cn1cc(-c2cncc(N3CCN(C4CCCC4)CC3)n2)cn1. The molecule has 0 aromatic carbocycles. The van der Waals surface area contributed by atoms with Crippen molar-refractivity contribution in [2.45, 2.75) is 31.7 Å². The van der Waals surface area contributed by atoms with Gasteiger partial charge in [-0.1, -0.05) is 12.8 Å². The zero-order valence-corrected chi connectivity index (χ0v) is 13.7. The van der Waals surface area contributed by atoms with Gasteiger partial charge in [-0.2, -0.15) is 5.10 Å². The Balaban J connectivity index is 1.44. The Morgan fingerprint density at radius 3 is 2.48 bits per heavy atom. The standard InChI is InChI=1S/C17H24N6/c1-21-13-14(10-19-21)16-11-18-12-17(20-16)23-8-6-22(7-9-23)15-4-2-3-5-15/h10-13,15H,2-9H2,1H3. The monoisotopic (exact) mass is 312 g/mol. The summed E-state index contributed by atoms with van der Waals surface area (Å²) in [7, 11) is 1.92. The van der Waals surface area contributed by atoms with Crippen LogP contribution < -0.4 is 4.90 Å². The van der Waals surface area contributed by atoms with Crippen LogP contribution in [0.4, 0.5) is 5.82 Å². The molecule has 0 unspecified atom stereocenters. The lowest BCUT2D eigenvalue weighted by molar-refractivity contribution is 0.187. The quantitative estimate of drug-likeness (QED) is 0.867. The van der Waals surface area contributed by atoms with Crippen LogP contribution in [-0.2, 0) is 7.05 Å². The first-order valence-electron chi connectivity index (χ1n) is 8.60. The first-order chi connectivity index (χ1) is 11.3. The Labute approximate surface area is 137 Å². The van der Waals surface area contributed by atoms with Gasteiger partial charge in [0.05, 0.1) is 24.3 Å². The van der Waals surface area contributed by atoms with Crippen LogP contribution >= 0.6 is 0 Å². The van der Waals surface area contributed by atoms with Gasteiger partial charge in [-0.15, -0.1) is 0 Å². The molecule has 1 saturated heterocycles. The van der Waals surface area contributed by atoms with E-state index in [2.05, 4.69) is 19.9 Å². The number of anilines is 1. The fourth-order valence-electron chi connectivity index (χ4n) is 3.79. The number of aromatic nitrogens is 4. The van der Waals surface area contributed by atoms with Crippen molar-refractivity contribution in [3.05, 3.63) is 24.8 Å². The molecule has 1 saturated carbocycles. The summed E-state index contributed by atoms with van der Waals surface area (Å²) in [4.78, 5) is 14.2. The van der Waals surface area contributed by atoms with E-state index < -0.39 is 0 Å². The average molecular weight is 312 g/mol. The molecule has 0 bridgehead atoms. The number of piperazine rings is 1. The molecule has 0 N–H and O–H groups in total. The summed E-state index contributed by atoms with van der Waals surface area (Å²) < 4.78 is 1.80. The summed E-state index contributed by atoms with van der Waals surface area (Å²) >= 11 is 0. The molecule has 2 aliphatic rings. The second kappa shape index (κ2) is 6.28. The van der Waals surface area contributed by atoms with Crippen molar-refractivity contribution >= 4 is 5.82 Å². The van der Waals surface area contributed by atoms with Gasteiger partial charge >= 0.3 is 0 Å². The molecule has 1 aliphatic carbocycles. The van der Waals surface area contributed by atoms with E-state index in [1.165, 1.54) is 25.7 Å². The van der Waals surface area contributed by atoms with Gasteiger partial charge in [0.15, 0.2) is 0 Å². The second-order valence-electron chi connectivity index (χ2n) is 6.63. The van der Waals surface area contributed by atoms with Crippen LogP contribution in [0.5, 0.6) is 0 Å². The third-order valence-corrected chi connectivity index (χ3v) is 5.10. The normalized spacial score (nSPS) is 20.3. The number of hydrogen-bond acceptors (Lipinski definition) is 5. The largest absolute Gasteiger partial charge is 0.353 e. The minimum Gasteiger partial charge on any atom is -0.353 e. The molecule has 4 rings (SSSR count). The molecule has 0 atom stereocenters. The zero-order chi connectivity index (χ0) is 15.6. The van der Waals surface area contributed by atoms with E-state index in [1.807, 2.05) is 31.8 Å². The van der Waals surface area contributed by atoms with Crippen molar-refractivity contribution in [3.8, 4) is 11.3 Å². The third-order valence-electron chi connectivity index (χ3n) is 5.10. The maximum atomic E-state index is 4.79. The van der Waals surface area contributed by atoms with Crippen LogP contribution in [-0.4, -0.2) is 56.9 Å². The van der Waals surface area contributed by atoms with E-state index in [0.717, 1.165) is 49.3 Å². The molecule has 2 aromatic rings. The van der Waals surface area contributed by atoms with Gasteiger partial charge in [0.25, 0.3) is 0 Å². The Morgan fingerprint density at radius 1 is 1.00 bits per heavy atom. The highest BCUT2D eigenvalue weighted by Crippen LogP contribution is 2.25. The van der Waals surface area contributed by atoms with Gasteiger partial charge in [0, 0.05) is 51.0 Å². The number of hydrogen-bond donors (Lipinski definition) is 0. The summed E-state index contributed by atoms with van der Waals surface area (Å²) in [5.41, 5.74) is 1.92. The van der Waals surface area contributed by atoms with Crippen molar-refractivity contribution in [2.75, 3.05) is 31.1 Å². The lowest BCUT2D eigenvalue weighted by atomic mass is 10.2. The summed E-state index contributed by atoms with van der Waals surface area (Å²) in [6.45, 7) is 4.37. The topological polar surface area (TPSA) is 50.1 Å². The third kappa shape index (κ3) is 3.08. The van der Waals surface area contributed by atoms with Crippen molar-refractivity contribution < 1.29 is 0 Å². The molecule has 6 nitrogen and oxygen atoms in total. The minimum atomic E-state index is 0.824. The first kappa shape index (κ1) is 14.6. The fraction of sp³-hybridized carbons (Fsp3) is 0.588. The molecule has 23 heavy (non-hydrogen) atoms. The lowest BCUT2D eigenvalue weighted by Gasteiger charge is -2.38. The van der Waals surface area contributed by atoms with Crippen molar-refractivity contribution in [1.82, 2.24) is 24.6 Å². The van der Waals surface area contributed by atoms with Gasteiger partial charge in [0.2, 0.25) is 0 Å². The van der Waals surface area contributed by atoms with Gasteiger partial charge < -0.3 is 4.90 Å². The number of rotatable bonds is 3. The summed E-state index contributed by atoms with van der Waals surface area (Å²) in [6.07, 6.45) is 13.1. The van der Waals surface area contributed by atoms with Crippen LogP contribution in [0.3, 0.4) is 0 Å². The molecule has 2 aromatic heterocycles. The number of nitrogens with zero attached hydrogens (tertiary/aromatic N) is 6. The Morgan fingerprint density at radius 2 is 1.78 bits per heavy atom. The minimum absolute atomic E-state index is 0.824. The van der Waals surface area contributed by atoms with Crippen LogP contribution in [0.15, 0.2) is 24.8 Å². The Bertz CT molecular complexity index is 653. The van der Waals surface area contributed by atoms with E-state index in [9.17, 15) is 0 Å². The van der Waals surface area contributed by atoms with E-state index in [4.69, 9.17) is 4.98 Å². The summed E-state index contributed by atoms with van der Waals surface area (Å²) in [5.74, 6) is 0.984. The Kier molecular flexibility index (Phi) is 3.99. The van der Waals surface area contributed by atoms with Crippen LogP contribution in [0, 0.1) is 0 Å². The molecule has 0 spiro atoms. The summed E-state index contributed by atoms with van der Waals surface area (Å²) in [6, 6.07) is 0.824. The molecule has 6 heteroatoms. The van der Waals surface area contributed by atoms with E-state index in [1.54, 1.807) is 4.68 Å². The highest BCUT2D eigenvalue weighted by Gasteiger charge is 2.26. The van der Waals surface area contributed by atoms with Crippen molar-refractivity contribution in [3.63, 3.8) is 0 Å². The second-order valence-corrected chi connectivity index (χ2v) is 6.63. The highest BCUT2D eigenvalue weighted by atomic mass is 15.3. The van der Waals surface area contributed by atoms with Gasteiger partial charge in [-0.25, -0.2) is 4.98 Å². The summed E-state index contributed by atoms with van der Waals surface area (Å²) in [5, 5.41) is 4.22. The maximum absolute atomic E-state index is 4.79. The maximum Gasteiger partial charge on any atom is 0.147 e. The average Bonchev–Trinajstić information content (AvgIpc) is 3.27. The fourth-order valence-corrected chi connectivity index (χ4v) is 3.79. The van der Waals surface area contributed by atoms with E-state index in [0.29, 0.717) is 0 Å². The lowest BCUT2D eigenvalue weighted by Crippen LogP contribution is -2.50. The molecule has 0 radical (unpaired) electrons. The van der Waals surface area contributed by atoms with Crippen LogP contribution in [0.25, 0.3) is 11.3 Å². The predicted molar refractivity (Wildman–Crippen MR) is 90.3 cm³/mol. The molecular weight excluding hydrogens is 288 g/mol. The molecule has 1 aliphatic heterocycles. The highest BCUT2D eigenvalue weighted by molar-refractivity contribution is 5.58. The smallest absolute Gasteiger partial charge is 0.147 e. The van der Waals surface area contributed by atoms with Crippen LogP contribution in [0.2, 0.25) is 0 Å². The zero-order valence-electron chi connectivity index (χ0n) is 13.7. The van der Waals surface area contributed by atoms with E-state index >= 15 is 0 Å². The van der Waals surface area contributed by atoms with E-state index in [-0.39, 0.29) is 0 Å².